The number of fused-ring (bicyclic) bond motifs is 1. The maximum atomic E-state index is 4.99. The van der Waals surface area contributed by atoms with Crippen molar-refractivity contribution in [2.45, 2.75) is 6.54 Å². The van der Waals surface area contributed by atoms with Crippen molar-refractivity contribution in [3.8, 4) is 11.4 Å². The quantitative estimate of drug-likeness (QED) is 0.682. The van der Waals surface area contributed by atoms with E-state index < -0.39 is 0 Å². The number of rotatable bonds is 6. The number of ether oxygens (including phenoxy) is 1. The molecule has 0 aromatic carbocycles. The first-order valence-corrected chi connectivity index (χ1v) is 7.01. The molecule has 0 amide bonds. The molecule has 0 spiro atoms. The van der Waals surface area contributed by atoms with E-state index in [0.29, 0.717) is 19.0 Å². The third kappa shape index (κ3) is 2.67. The molecule has 0 aliphatic carbocycles. The smallest absolute Gasteiger partial charge is 0.235 e. The van der Waals surface area contributed by atoms with Gasteiger partial charge in [0.25, 0.3) is 0 Å². The number of nitrogens with zero attached hydrogens (tertiary/aromatic N) is 5. The minimum atomic E-state index is 0.686. The van der Waals surface area contributed by atoms with Crippen molar-refractivity contribution in [1.29, 1.82) is 0 Å². The maximum absolute atomic E-state index is 4.99. The van der Waals surface area contributed by atoms with E-state index in [4.69, 9.17) is 4.74 Å². The first kappa shape index (κ1) is 13.1. The van der Waals surface area contributed by atoms with Crippen molar-refractivity contribution >= 4 is 16.3 Å². The lowest BCUT2D eigenvalue weighted by atomic mass is 10.3. The van der Waals surface area contributed by atoms with E-state index in [2.05, 4.69) is 25.6 Å². The molecule has 0 saturated carbocycles. The second-order valence-corrected chi connectivity index (χ2v) is 5.17. The predicted octanol–water partition coefficient (Wildman–Crippen LogP) is 0.984. The summed E-state index contributed by atoms with van der Waals surface area (Å²) in [6.45, 7) is 2.18. The Morgan fingerprint density at radius 1 is 1.40 bits per heavy atom. The summed E-state index contributed by atoms with van der Waals surface area (Å²) in [6, 6.07) is 3.81. The van der Waals surface area contributed by atoms with Gasteiger partial charge < -0.3 is 10.1 Å². The van der Waals surface area contributed by atoms with Gasteiger partial charge in [0.15, 0.2) is 5.82 Å². The van der Waals surface area contributed by atoms with Crippen LogP contribution in [0.3, 0.4) is 0 Å². The molecule has 3 heterocycles. The van der Waals surface area contributed by atoms with Gasteiger partial charge in [-0.25, -0.2) is 0 Å². The summed E-state index contributed by atoms with van der Waals surface area (Å²) in [6.07, 6.45) is 3.49. The van der Waals surface area contributed by atoms with Crippen LogP contribution in [-0.2, 0) is 11.3 Å². The Kier molecular flexibility index (Phi) is 3.95. The monoisotopic (exact) mass is 290 g/mol. The van der Waals surface area contributed by atoms with Gasteiger partial charge >= 0.3 is 0 Å². The van der Waals surface area contributed by atoms with Crippen molar-refractivity contribution in [2.75, 3.05) is 20.3 Å². The maximum Gasteiger partial charge on any atom is 0.235 e. The van der Waals surface area contributed by atoms with E-state index in [1.807, 2.05) is 12.1 Å². The Labute approximate surface area is 119 Å². The van der Waals surface area contributed by atoms with Crippen LogP contribution in [0.25, 0.3) is 16.3 Å². The zero-order chi connectivity index (χ0) is 13.8. The normalized spacial score (nSPS) is 11.2. The van der Waals surface area contributed by atoms with Gasteiger partial charge in [0.1, 0.15) is 5.01 Å². The Hall–Kier alpha value is -1.90. The molecule has 7 nitrogen and oxygen atoms in total. The molecule has 0 atom stereocenters. The third-order valence-corrected chi connectivity index (χ3v) is 3.61. The van der Waals surface area contributed by atoms with Crippen molar-refractivity contribution in [1.82, 2.24) is 30.1 Å². The van der Waals surface area contributed by atoms with Crippen molar-refractivity contribution in [2.24, 2.45) is 0 Å². The van der Waals surface area contributed by atoms with Crippen LogP contribution in [0.2, 0.25) is 0 Å². The number of hydrogen-bond acceptors (Lipinski definition) is 7. The first-order valence-electron chi connectivity index (χ1n) is 6.19. The molecule has 8 heteroatoms. The SMILES string of the molecule is COCCNCc1nn2c(-c3cccnc3)nnc2s1. The van der Waals surface area contributed by atoms with Gasteiger partial charge in [-0.05, 0) is 12.1 Å². The highest BCUT2D eigenvalue weighted by molar-refractivity contribution is 7.16. The molecular formula is C12H14N6OS. The van der Waals surface area contributed by atoms with E-state index in [-0.39, 0.29) is 0 Å². The third-order valence-electron chi connectivity index (χ3n) is 2.71. The summed E-state index contributed by atoms with van der Waals surface area (Å²) < 4.78 is 6.75. The van der Waals surface area contributed by atoms with Crippen molar-refractivity contribution in [3.05, 3.63) is 29.5 Å². The number of aromatic nitrogens is 5. The second-order valence-electron chi connectivity index (χ2n) is 4.13. The van der Waals surface area contributed by atoms with Crippen LogP contribution in [0.15, 0.2) is 24.5 Å². The van der Waals surface area contributed by atoms with E-state index in [9.17, 15) is 0 Å². The molecule has 104 valence electrons. The lowest BCUT2D eigenvalue weighted by Crippen LogP contribution is -2.18. The standard InChI is InChI=1S/C12H14N6OS/c1-19-6-5-14-8-10-17-18-11(15-16-12(18)20-10)9-3-2-4-13-7-9/h2-4,7,14H,5-6,8H2,1H3. The highest BCUT2D eigenvalue weighted by Gasteiger charge is 2.12. The van der Waals surface area contributed by atoms with Crippen LogP contribution in [0.5, 0.6) is 0 Å². The van der Waals surface area contributed by atoms with Crippen molar-refractivity contribution in [3.63, 3.8) is 0 Å². The molecule has 0 unspecified atom stereocenters. The molecule has 0 aliphatic heterocycles. The van der Waals surface area contributed by atoms with Gasteiger partial charge in [0, 0.05) is 38.2 Å². The zero-order valence-electron chi connectivity index (χ0n) is 11.0. The topological polar surface area (TPSA) is 77.2 Å². The number of methoxy groups -OCH3 is 1. The Morgan fingerprint density at radius 2 is 2.35 bits per heavy atom. The number of hydrogen-bond donors (Lipinski definition) is 1. The van der Waals surface area contributed by atoms with Crippen LogP contribution in [0, 0.1) is 0 Å². The van der Waals surface area contributed by atoms with Gasteiger partial charge in [-0.2, -0.15) is 9.61 Å². The second kappa shape index (κ2) is 6.04. The number of nitrogens with one attached hydrogen (secondary N) is 1. The lowest BCUT2D eigenvalue weighted by molar-refractivity contribution is 0.199. The van der Waals surface area contributed by atoms with Crippen LogP contribution in [-0.4, -0.2) is 45.1 Å². The molecule has 3 aromatic heterocycles. The fourth-order valence-corrected chi connectivity index (χ4v) is 2.58. The molecule has 3 aromatic rings. The molecule has 3 rings (SSSR count). The molecular weight excluding hydrogens is 276 g/mol. The molecule has 0 fully saturated rings. The fourth-order valence-electron chi connectivity index (χ4n) is 1.77. The molecule has 0 saturated heterocycles. The van der Waals surface area contributed by atoms with E-state index >= 15 is 0 Å². The Bertz CT molecular complexity index is 680. The summed E-state index contributed by atoms with van der Waals surface area (Å²) in [7, 11) is 1.69. The Morgan fingerprint density at radius 3 is 3.15 bits per heavy atom. The summed E-state index contributed by atoms with van der Waals surface area (Å²) >= 11 is 1.53. The minimum absolute atomic E-state index is 0.686. The van der Waals surface area contributed by atoms with E-state index in [0.717, 1.165) is 22.1 Å². The van der Waals surface area contributed by atoms with Gasteiger partial charge in [-0.15, -0.1) is 10.2 Å². The van der Waals surface area contributed by atoms with Crippen LogP contribution in [0.1, 0.15) is 5.01 Å². The average molecular weight is 290 g/mol. The van der Waals surface area contributed by atoms with E-state index in [1.165, 1.54) is 11.3 Å². The average Bonchev–Trinajstić information content (AvgIpc) is 3.04. The first-order chi connectivity index (χ1) is 9.88. The lowest BCUT2D eigenvalue weighted by Gasteiger charge is -1.99. The number of pyridine rings is 1. The summed E-state index contributed by atoms with van der Waals surface area (Å²) in [5.74, 6) is 0.715. The fraction of sp³-hybridized carbons (Fsp3) is 0.333. The van der Waals surface area contributed by atoms with Gasteiger partial charge in [0.05, 0.1) is 6.61 Å². The molecule has 0 radical (unpaired) electrons. The summed E-state index contributed by atoms with van der Waals surface area (Å²) in [5, 5.41) is 17.1. The summed E-state index contributed by atoms with van der Waals surface area (Å²) in [5.41, 5.74) is 0.907. The van der Waals surface area contributed by atoms with Crippen LogP contribution < -0.4 is 5.32 Å². The highest BCUT2D eigenvalue weighted by atomic mass is 32.1. The highest BCUT2D eigenvalue weighted by Crippen LogP contribution is 2.20. The molecule has 20 heavy (non-hydrogen) atoms. The summed E-state index contributed by atoms with van der Waals surface area (Å²) in [4.78, 5) is 4.88. The predicted molar refractivity (Wildman–Crippen MR) is 75.5 cm³/mol. The largest absolute Gasteiger partial charge is 0.383 e. The van der Waals surface area contributed by atoms with Gasteiger partial charge in [0.2, 0.25) is 4.96 Å². The molecule has 0 aliphatic rings. The Balaban J connectivity index is 1.80. The molecule has 0 bridgehead atoms. The van der Waals surface area contributed by atoms with Crippen molar-refractivity contribution < 1.29 is 4.74 Å². The zero-order valence-corrected chi connectivity index (χ0v) is 11.8. The molecule has 1 N–H and O–H groups in total. The van der Waals surface area contributed by atoms with E-state index in [1.54, 1.807) is 24.0 Å². The van der Waals surface area contributed by atoms with Crippen LogP contribution >= 0.6 is 11.3 Å². The minimum Gasteiger partial charge on any atom is -0.383 e. The van der Waals surface area contributed by atoms with Gasteiger partial charge in [-0.3, -0.25) is 4.98 Å². The van der Waals surface area contributed by atoms with Gasteiger partial charge in [-0.1, -0.05) is 11.3 Å². The van der Waals surface area contributed by atoms with Crippen LogP contribution in [0.4, 0.5) is 0 Å².